The maximum atomic E-state index is 12.6. The van der Waals surface area contributed by atoms with E-state index >= 15 is 0 Å². The van der Waals surface area contributed by atoms with Crippen LogP contribution in [0.25, 0.3) is 11.0 Å². The maximum absolute atomic E-state index is 12.6. The minimum atomic E-state index is -0.266. The van der Waals surface area contributed by atoms with Crippen LogP contribution in [-0.4, -0.2) is 29.2 Å². The molecular weight excluding hydrogens is 438 g/mol. The molecule has 0 saturated carbocycles. The van der Waals surface area contributed by atoms with Crippen molar-refractivity contribution in [3.05, 3.63) is 89.2 Å². The van der Waals surface area contributed by atoms with Crippen molar-refractivity contribution in [2.45, 2.75) is 25.9 Å². The lowest BCUT2D eigenvalue weighted by atomic mass is 10.1. The Morgan fingerprint density at radius 3 is 2.45 bits per heavy atom. The summed E-state index contributed by atoms with van der Waals surface area (Å²) in [5, 5.41) is 3.72. The Labute approximate surface area is 198 Å². The first-order valence-electron chi connectivity index (χ1n) is 10.8. The zero-order valence-corrected chi connectivity index (χ0v) is 19.4. The third-order valence-electron chi connectivity index (χ3n) is 5.37. The van der Waals surface area contributed by atoms with Crippen molar-refractivity contribution in [3.63, 3.8) is 0 Å². The Morgan fingerprint density at radius 1 is 1.03 bits per heavy atom. The second-order valence-electron chi connectivity index (χ2n) is 7.73. The number of carbonyl (C=O) groups is 1. The summed E-state index contributed by atoms with van der Waals surface area (Å²) in [6.07, 6.45) is 0.280. The number of para-hydroxylation sites is 2. The van der Waals surface area contributed by atoms with E-state index < -0.39 is 0 Å². The molecule has 0 bridgehead atoms. The number of methoxy groups -OCH3 is 1. The van der Waals surface area contributed by atoms with Crippen molar-refractivity contribution in [1.29, 1.82) is 0 Å². The molecule has 1 aromatic heterocycles. The quantitative estimate of drug-likeness (QED) is 0.370. The monoisotopic (exact) mass is 463 g/mol. The van der Waals surface area contributed by atoms with Crippen LogP contribution in [0, 0.1) is 0 Å². The first kappa shape index (κ1) is 22.7. The van der Waals surface area contributed by atoms with Crippen molar-refractivity contribution in [3.8, 4) is 11.5 Å². The highest BCUT2D eigenvalue weighted by Crippen LogP contribution is 2.22. The van der Waals surface area contributed by atoms with E-state index in [0.29, 0.717) is 18.2 Å². The molecular formula is C26H26ClN3O3. The van der Waals surface area contributed by atoms with Gasteiger partial charge in [0.15, 0.2) is 0 Å². The lowest BCUT2D eigenvalue weighted by Crippen LogP contribution is -2.30. The number of amides is 1. The number of carbonyl (C=O) groups excluding carboxylic acids is 1. The van der Waals surface area contributed by atoms with Crippen LogP contribution in [0.15, 0.2) is 72.8 Å². The number of nitrogens with zero attached hydrogens (tertiary/aromatic N) is 2. The first-order valence-corrected chi connectivity index (χ1v) is 11.2. The molecule has 0 spiro atoms. The van der Waals surface area contributed by atoms with E-state index in [9.17, 15) is 4.79 Å². The highest BCUT2D eigenvalue weighted by molar-refractivity contribution is 6.30. The fraction of sp³-hybridized carbons (Fsp3) is 0.231. The van der Waals surface area contributed by atoms with Gasteiger partial charge in [-0.2, -0.15) is 0 Å². The molecule has 1 N–H and O–H groups in total. The highest BCUT2D eigenvalue weighted by Gasteiger charge is 2.18. The topological polar surface area (TPSA) is 65.4 Å². The van der Waals surface area contributed by atoms with Crippen LogP contribution in [0.1, 0.15) is 24.4 Å². The Hall–Kier alpha value is -3.51. The van der Waals surface area contributed by atoms with Crippen LogP contribution in [0.2, 0.25) is 5.02 Å². The third kappa shape index (κ3) is 5.65. The summed E-state index contributed by atoms with van der Waals surface area (Å²) in [5.74, 6) is 2.27. The predicted molar refractivity (Wildman–Crippen MR) is 130 cm³/mol. The number of benzene rings is 3. The fourth-order valence-corrected chi connectivity index (χ4v) is 3.86. The van der Waals surface area contributed by atoms with E-state index in [-0.39, 0.29) is 18.4 Å². The van der Waals surface area contributed by atoms with Gasteiger partial charge in [-0.1, -0.05) is 35.9 Å². The molecule has 0 fully saturated rings. The van der Waals surface area contributed by atoms with E-state index in [2.05, 4.69) is 9.88 Å². The lowest BCUT2D eigenvalue weighted by Gasteiger charge is -2.17. The largest absolute Gasteiger partial charge is 0.497 e. The van der Waals surface area contributed by atoms with Crippen molar-refractivity contribution in [1.82, 2.24) is 14.9 Å². The van der Waals surface area contributed by atoms with Gasteiger partial charge in [-0.05, 0) is 61.0 Å². The molecule has 3 aromatic carbocycles. The molecule has 6 nitrogen and oxygen atoms in total. The summed E-state index contributed by atoms with van der Waals surface area (Å²) >= 11 is 5.94. The van der Waals surface area contributed by atoms with Gasteiger partial charge in [0.05, 0.1) is 37.2 Å². The minimum Gasteiger partial charge on any atom is -0.497 e. The van der Waals surface area contributed by atoms with E-state index in [1.807, 2.05) is 67.6 Å². The van der Waals surface area contributed by atoms with Crippen LogP contribution >= 0.6 is 11.6 Å². The summed E-state index contributed by atoms with van der Waals surface area (Å²) in [6.45, 7) is 3.01. The highest BCUT2D eigenvalue weighted by atomic mass is 35.5. The molecule has 33 heavy (non-hydrogen) atoms. The van der Waals surface area contributed by atoms with Gasteiger partial charge in [-0.25, -0.2) is 4.98 Å². The van der Waals surface area contributed by atoms with Crippen LogP contribution < -0.4 is 14.8 Å². The fourth-order valence-electron chi connectivity index (χ4n) is 3.73. The molecule has 0 saturated heterocycles. The lowest BCUT2D eigenvalue weighted by molar-refractivity contribution is -0.121. The van der Waals surface area contributed by atoms with Gasteiger partial charge >= 0.3 is 0 Å². The summed E-state index contributed by atoms with van der Waals surface area (Å²) in [4.78, 5) is 17.4. The number of hydrogen-bond acceptors (Lipinski definition) is 4. The number of nitrogens with one attached hydrogen (secondary N) is 1. The predicted octanol–water partition coefficient (Wildman–Crippen LogP) is 5.20. The molecule has 0 radical (unpaired) electrons. The zero-order chi connectivity index (χ0) is 23.2. The first-order chi connectivity index (χ1) is 16.0. The van der Waals surface area contributed by atoms with E-state index in [4.69, 9.17) is 26.1 Å². The van der Waals surface area contributed by atoms with E-state index in [0.717, 1.165) is 33.9 Å². The van der Waals surface area contributed by atoms with Crippen molar-refractivity contribution < 1.29 is 14.3 Å². The Kier molecular flexibility index (Phi) is 7.15. The molecule has 1 heterocycles. The Bertz CT molecular complexity index is 1220. The zero-order valence-electron chi connectivity index (χ0n) is 18.6. The molecule has 1 atom stereocenters. The number of hydrogen-bond donors (Lipinski definition) is 1. The van der Waals surface area contributed by atoms with Gasteiger partial charge in [-0.15, -0.1) is 0 Å². The van der Waals surface area contributed by atoms with Gasteiger partial charge in [-0.3, -0.25) is 4.79 Å². The average molecular weight is 464 g/mol. The average Bonchev–Trinajstić information content (AvgIpc) is 3.20. The van der Waals surface area contributed by atoms with Gasteiger partial charge in [0.1, 0.15) is 23.9 Å². The number of aromatic nitrogens is 2. The molecule has 4 aromatic rings. The van der Waals surface area contributed by atoms with Crippen LogP contribution in [0.3, 0.4) is 0 Å². The summed E-state index contributed by atoms with van der Waals surface area (Å²) in [5.41, 5.74) is 2.80. The van der Waals surface area contributed by atoms with Crippen LogP contribution in [-0.2, 0) is 17.8 Å². The van der Waals surface area contributed by atoms with Crippen LogP contribution in [0.4, 0.5) is 0 Å². The summed E-state index contributed by atoms with van der Waals surface area (Å²) < 4.78 is 13.2. The Morgan fingerprint density at radius 2 is 1.73 bits per heavy atom. The molecule has 1 amide bonds. The standard InChI is InChI=1S/C26H26ClN3O3/c1-18(28-25(31)17-19-7-9-20(27)10-8-19)26-29-23-5-3-4-6-24(23)30(26)15-16-33-22-13-11-21(32-2)12-14-22/h3-14,18H,15-17H2,1-2H3,(H,28,31). The van der Waals surface area contributed by atoms with Gasteiger partial charge < -0.3 is 19.4 Å². The van der Waals surface area contributed by atoms with Gasteiger partial charge in [0.2, 0.25) is 5.91 Å². The molecule has 1 unspecified atom stereocenters. The van der Waals surface area contributed by atoms with Crippen molar-refractivity contribution >= 4 is 28.5 Å². The second-order valence-corrected chi connectivity index (χ2v) is 8.16. The van der Waals surface area contributed by atoms with Crippen molar-refractivity contribution in [2.75, 3.05) is 13.7 Å². The third-order valence-corrected chi connectivity index (χ3v) is 5.62. The van der Waals surface area contributed by atoms with E-state index in [1.54, 1.807) is 19.2 Å². The number of halogens is 1. The number of rotatable bonds is 9. The number of imidazole rings is 1. The molecule has 0 aliphatic carbocycles. The molecule has 0 aliphatic heterocycles. The second kappa shape index (κ2) is 10.4. The summed E-state index contributed by atoms with van der Waals surface area (Å²) in [7, 11) is 1.64. The molecule has 7 heteroatoms. The van der Waals surface area contributed by atoms with Crippen LogP contribution in [0.5, 0.6) is 11.5 Å². The molecule has 170 valence electrons. The van der Waals surface area contributed by atoms with Gasteiger partial charge in [0.25, 0.3) is 0 Å². The molecule has 4 rings (SSSR count). The maximum Gasteiger partial charge on any atom is 0.224 e. The van der Waals surface area contributed by atoms with Crippen molar-refractivity contribution in [2.24, 2.45) is 0 Å². The number of ether oxygens (including phenoxy) is 2. The number of fused-ring (bicyclic) bond motifs is 1. The SMILES string of the molecule is COc1ccc(OCCn2c(C(C)NC(=O)Cc3ccc(Cl)cc3)nc3ccccc32)cc1. The normalized spacial score (nSPS) is 11.8. The Balaban J connectivity index is 1.46. The minimum absolute atomic E-state index is 0.0714. The van der Waals surface area contributed by atoms with Gasteiger partial charge in [0, 0.05) is 5.02 Å². The van der Waals surface area contributed by atoms with E-state index in [1.165, 1.54) is 0 Å². The molecule has 0 aliphatic rings. The summed E-state index contributed by atoms with van der Waals surface area (Å²) in [6, 6.07) is 22.5. The smallest absolute Gasteiger partial charge is 0.224 e.